The van der Waals surface area contributed by atoms with Crippen LogP contribution in [0.2, 0.25) is 0 Å². The van der Waals surface area contributed by atoms with E-state index >= 15 is 0 Å². The Balaban J connectivity index is 1.59. The number of nitrogens with one attached hydrogen (secondary N) is 2. The van der Waals surface area contributed by atoms with Gasteiger partial charge in [0.2, 0.25) is 15.9 Å². The van der Waals surface area contributed by atoms with Crippen molar-refractivity contribution in [1.29, 1.82) is 0 Å². The van der Waals surface area contributed by atoms with Gasteiger partial charge in [-0.3, -0.25) is 9.59 Å². The largest absolute Gasteiger partial charge is 0.459 e. The number of benzene rings is 1. The summed E-state index contributed by atoms with van der Waals surface area (Å²) in [7, 11) is -2.18. The van der Waals surface area contributed by atoms with Crippen molar-refractivity contribution in [2.75, 3.05) is 32.1 Å². The van der Waals surface area contributed by atoms with Gasteiger partial charge in [-0.2, -0.15) is 0 Å². The first-order chi connectivity index (χ1) is 14.8. The number of carbonyl (C=O) groups excluding carboxylic acids is 2. The Morgan fingerprint density at radius 2 is 2.00 bits per heavy atom. The Kier molecular flexibility index (Phi) is 7.47. The summed E-state index contributed by atoms with van der Waals surface area (Å²) in [5, 5.41) is 2.81. The zero-order valence-corrected chi connectivity index (χ0v) is 18.4. The van der Waals surface area contributed by atoms with Crippen molar-refractivity contribution >= 4 is 27.5 Å². The normalized spacial score (nSPS) is 17.9. The summed E-state index contributed by atoms with van der Waals surface area (Å²) in [5.74, 6) is -0.537. The first kappa shape index (κ1) is 23.0. The molecule has 10 heteroatoms. The van der Waals surface area contributed by atoms with E-state index in [2.05, 4.69) is 10.0 Å². The standard InChI is InChI=1S/C21H27N3O6S/c1-15(14-29-2)23-31(27,28)18-9-7-17(8-10-18)22-20(25)16-5-3-11-24(13-16)21(26)19-6-4-12-30-19/h4,6-10,12,15-16,23H,3,5,11,13-14H2,1-2H3,(H,22,25)/t15-,16-/m0/s1. The summed E-state index contributed by atoms with van der Waals surface area (Å²) < 4.78 is 37.4. The molecule has 0 bridgehead atoms. The van der Waals surface area contributed by atoms with E-state index in [1.54, 1.807) is 36.1 Å². The zero-order valence-electron chi connectivity index (χ0n) is 17.5. The van der Waals surface area contributed by atoms with Gasteiger partial charge in [-0.15, -0.1) is 0 Å². The third kappa shape index (κ3) is 5.93. The van der Waals surface area contributed by atoms with Crippen LogP contribution in [0.3, 0.4) is 0 Å². The maximum absolute atomic E-state index is 12.7. The highest BCUT2D eigenvalue weighted by Gasteiger charge is 2.30. The molecule has 0 saturated carbocycles. The molecule has 0 unspecified atom stereocenters. The van der Waals surface area contributed by atoms with Gasteiger partial charge in [-0.05, 0) is 56.2 Å². The molecule has 2 amide bonds. The van der Waals surface area contributed by atoms with Crippen LogP contribution in [0, 0.1) is 5.92 Å². The fourth-order valence-corrected chi connectivity index (χ4v) is 4.74. The van der Waals surface area contributed by atoms with E-state index in [1.807, 2.05) is 0 Å². The highest BCUT2D eigenvalue weighted by molar-refractivity contribution is 7.89. The number of nitrogens with zero attached hydrogens (tertiary/aromatic N) is 1. The summed E-state index contributed by atoms with van der Waals surface area (Å²) in [6.07, 6.45) is 2.83. The fourth-order valence-electron chi connectivity index (χ4n) is 3.51. The molecule has 1 saturated heterocycles. The Morgan fingerprint density at radius 3 is 2.65 bits per heavy atom. The molecule has 2 heterocycles. The number of likely N-dealkylation sites (tertiary alicyclic amines) is 1. The van der Waals surface area contributed by atoms with Gasteiger partial charge in [0, 0.05) is 31.9 Å². The SMILES string of the molecule is COC[C@H](C)NS(=O)(=O)c1ccc(NC(=O)[C@H]2CCCN(C(=O)c3ccco3)C2)cc1. The molecular formula is C21H27N3O6S. The van der Waals surface area contributed by atoms with Crippen LogP contribution < -0.4 is 10.0 Å². The number of methoxy groups -OCH3 is 1. The Morgan fingerprint density at radius 1 is 1.26 bits per heavy atom. The van der Waals surface area contributed by atoms with E-state index in [4.69, 9.17) is 9.15 Å². The maximum Gasteiger partial charge on any atom is 0.289 e. The van der Waals surface area contributed by atoms with Crippen LogP contribution in [0.5, 0.6) is 0 Å². The molecule has 0 spiro atoms. The third-order valence-electron chi connectivity index (χ3n) is 5.02. The second-order valence-electron chi connectivity index (χ2n) is 7.56. The van der Waals surface area contributed by atoms with Crippen LogP contribution in [-0.4, -0.2) is 58.0 Å². The lowest BCUT2D eigenvalue weighted by molar-refractivity contribution is -0.121. The predicted octanol–water partition coefficient (Wildman–Crippen LogP) is 2.08. The molecule has 0 radical (unpaired) electrons. The average Bonchev–Trinajstić information content (AvgIpc) is 3.28. The molecule has 2 aromatic rings. The van der Waals surface area contributed by atoms with Crippen molar-refractivity contribution < 1.29 is 27.2 Å². The van der Waals surface area contributed by atoms with Crippen LogP contribution in [0.15, 0.2) is 52.0 Å². The minimum Gasteiger partial charge on any atom is -0.459 e. The summed E-state index contributed by atoms with van der Waals surface area (Å²) >= 11 is 0. The second kappa shape index (κ2) is 10.1. The number of piperidine rings is 1. The van der Waals surface area contributed by atoms with Gasteiger partial charge in [0.05, 0.1) is 23.7 Å². The lowest BCUT2D eigenvalue weighted by Gasteiger charge is -2.31. The van der Waals surface area contributed by atoms with Crippen molar-refractivity contribution in [2.24, 2.45) is 5.92 Å². The van der Waals surface area contributed by atoms with Crippen molar-refractivity contribution in [3.63, 3.8) is 0 Å². The highest BCUT2D eigenvalue weighted by atomic mass is 32.2. The maximum atomic E-state index is 12.7. The van der Waals surface area contributed by atoms with Gasteiger partial charge < -0.3 is 19.4 Å². The molecule has 1 aromatic heterocycles. The van der Waals surface area contributed by atoms with Gasteiger partial charge in [0.1, 0.15) is 0 Å². The number of carbonyl (C=O) groups is 2. The molecule has 1 aliphatic rings. The third-order valence-corrected chi connectivity index (χ3v) is 6.62. The molecule has 1 aliphatic heterocycles. The Hall–Kier alpha value is -2.69. The minimum absolute atomic E-state index is 0.0985. The number of hydrogen-bond acceptors (Lipinski definition) is 6. The average molecular weight is 450 g/mol. The van der Waals surface area contributed by atoms with E-state index in [1.165, 1.54) is 25.5 Å². The molecule has 9 nitrogen and oxygen atoms in total. The molecule has 1 fully saturated rings. The quantitative estimate of drug-likeness (QED) is 0.637. The smallest absolute Gasteiger partial charge is 0.289 e. The Labute approximate surface area is 181 Å². The summed E-state index contributed by atoms with van der Waals surface area (Å²) in [6.45, 7) is 2.84. The van der Waals surface area contributed by atoms with E-state index in [0.29, 0.717) is 31.6 Å². The lowest BCUT2D eigenvalue weighted by Crippen LogP contribution is -2.43. The van der Waals surface area contributed by atoms with Crippen LogP contribution in [0.1, 0.15) is 30.3 Å². The van der Waals surface area contributed by atoms with Crippen molar-refractivity contribution in [2.45, 2.75) is 30.7 Å². The minimum atomic E-state index is -3.68. The predicted molar refractivity (Wildman–Crippen MR) is 114 cm³/mol. The van der Waals surface area contributed by atoms with Crippen molar-refractivity contribution in [3.8, 4) is 0 Å². The molecule has 2 atom stereocenters. The second-order valence-corrected chi connectivity index (χ2v) is 9.27. The summed E-state index contributed by atoms with van der Waals surface area (Å²) in [6, 6.07) is 8.85. The van der Waals surface area contributed by atoms with Gasteiger partial charge in [-0.1, -0.05) is 0 Å². The molecule has 31 heavy (non-hydrogen) atoms. The van der Waals surface area contributed by atoms with Crippen LogP contribution >= 0.6 is 0 Å². The molecule has 3 rings (SSSR count). The van der Waals surface area contributed by atoms with Gasteiger partial charge in [0.15, 0.2) is 5.76 Å². The van der Waals surface area contributed by atoms with Gasteiger partial charge in [0.25, 0.3) is 5.91 Å². The topological polar surface area (TPSA) is 118 Å². The first-order valence-electron chi connectivity index (χ1n) is 10.0. The monoisotopic (exact) mass is 449 g/mol. The van der Waals surface area contributed by atoms with Crippen LogP contribution in [-0.2, 0) is 19.6 Å². The Bertz CT molecular complexity index is 989. The van der Waals surface area contributed by atoms with Crippen LogP contribution in [0.4, 0.5) is 5.69 Å². The zero-order chi connectivity index (χ0) is 22.4. The number of amides is 2. The highest BCUT2D eigenvalue weighted by Crippen LogP contribution is 2.21. The number of sulfonamides is 1. The van der Waals surface area contributed by atoms with Gasteiger partial charge in [-0.25, -0.2) is 13.1 Å². The van der Waals surface area contributed by atoms with E-state index < -0.39 is 10.0 Å². The number of rotatable bonds is 8. The number of furan rings is 1. The first-order valence-corrected chi connectivity index (χ1v) is 11.5. The summed E-state index contributed by atoms with van der Waals surface area (Å²) in [4.78, 5) is 26.9. The molecule has 0 aliphatic carbocycles. The molecular weight excluding hydrogens is 422 g/mol. The number of hydrogen-bond donors (Lipinski definition) is 2. The lowest BCUT2D eigenvalue weighted by atomic mass is 9.96. The van der Waals surface area contributed by atoms with Crippen molar-refractivity contribution in [3.05, 3.63) is 48.4 Å². The molecule has 1 aromatic carbocycles. The van der Waals surface area contributed by atoms with Crippen molar-refractivity contribution in [1.82, 2.24) is 9.62 Å². The molecule has 2 N–H and O–H groups in total. The molecule has 168 valence electrons. The number of ether oxygens (including phenoxy) is 1. The fraction of sp³-hybridized carbons (Fsp3) is 0.429. The van der Waals surface area contributed by atoms with E-state index in [0.717, 1.165) is 0 Å². The van der Waals surface area contributed by atoms with Crippen LogP contribution in [0.25, 0.3) is 0 Å². The summed E-state index contributed by atoms with van der Waals surface area (Å²) in [5.41, 5.74) is 0.489. The van der Waals surface area contributed by atoms with E-state index in [9.17, 15) is 18.0 Å². The van der Waals surface area contributed by atoms with E-state index in [-0.39, 0.29) is 41.0 Å². The van der Waals surface area contributed by atoms with Gasteiger partial charge >= 0.3 is 0 Å². The number of anilines is 1.